The molecule has 0 saturated heterocycles. The highest BCUT2D eigenvalue weighted by atomic mass is 16.3. The van der Waals surface area contributed by atoms with Crippen molar-refractivity contribution in [1.29, 1.82) is 0 Å². The van der Waals surface area contributed by atoms with Crippen molar-refractivity contribution < 1.29 is 4.42 Å². The number of hydrogen-bond acceptors (Lipinski definition) is 2. The molecule has 0 radical (unpaired) electrons. The summed E-state index contributed by atoms with van der Waals surface area (Å²) in [4.78, 5) is 4.11. The number of fused-ring (bicyclic) bond motifs is 1. The zero-order chi connectivity index (χ0) is 6.27. The normalized spacial score (nSPS) is 24.3. The van der Waals surface area contributed by atoms with Gasteiger partial charge in [0.1, 0.15) is 5.76 Å². The summed E-state index contributed by atoms with van der Waals surface area (Å²) in [6, 6.07) is 0. The first-order valence-electron chi connectivity index (χ1n) is 3.30. The molecule has 2 heteroatoms. The third kappa shape index (κ3) is 0.590. The molecule has 1 aromatic heterocycles. The summed E-state index contributed by atoms with van der Waals surface area (Å²) >= 11 is 0. The van der Waals surface area contributed by atoms with Gasteiger partial charge in [0.2, 0.25) is 0 Å². The highest BCUT2D eigenvalue weighted by Gasteiger charge is 2.22. The van der Waals surface area contributed by atoms with Gasteiger partial charge in [0, 0.05) is 12.3 Å². The summed E-state index contributed by atoms with van der Waals surface area (Å²) < 4.78 is 5.14. The van der Waals surface area contributed by atoms with Gasteiger partial charge in [-0.25, -0.2) is 4.98 Å². The Morgan fingerprint density at radius 2 is 2.67 bits per heavy atom. The van der Waals surface area contributed by atoms with Gasteiger partial charge in [-0.15, -0.1) is 0 Å². The molecule has 0 aromatic carbocycles. The Morgan fingerprint density at radius 3 is 3.44 bits per heavy atom. The van der Waals surface area contributed by atoms with Crippen LogP contribution in [-0.2, 0) is 6.42 Å². The molecule has 48 valence electrons. The molecule has 1 atom stereocenters. The largest absolute Gasteiger partial charge is 0.448 e. The monoisotopic (exact) mass is 123 g/mol. The van der Waals surface area contributed by atoms with Crippen LogP contribution in [0.3, 0.4) is 0 Å². The summed E-state index contributed by atoms with van der Waals surface area (Å²) in [7, 11) is 0. The van der Waals surface area contributed by atoms with E-state index in [4.69, 9.17) is 4.42 Å². The van der Waals surface area contributed by atoms with E-state index in [0.29, 0.717) is 5.92 Å². The van der Waals surface area contributed by atoms with E-state index in [1.54, 1.807) is 6.39 Å². The van der Waals surface area contributed by atoms with Gasteiger partial charge >= 0.3 is 0 Å². The van der Waals surface area contributed by atoms with Crippen molar-refractivity contribution in [3.8, 4) is 0 Å². The molecule has 0 unspecified atom stereocenters. The van der Waals surface area contributed by atoms with Crippen LogP contribution in [0, 0.1) is 0 Å². The second-order valence-corrected chi connectivity index (χ2v) is 2.60. The average molecular weight is 123 g/mol. The van der Waals surface area contributed by atoms with Crippen LogP contribution in [0.25, 0.3) is 0 Å². The lowest BCUT2D eigenvalue weighted by atomic mass is 10.1. The van der Waals surface area contributed by atoms with Crippen molar-refractivity contribution in [3.63, 3.8) is 0 Å². The Bertz CT molecular complexity index is 216. The van der Waals surface area contributed by atoms with Crippen LogP contribution in [0.2, 0.25) is 0 Å². The molecule has 0 fully saturated rings. The molecule has 1 heterocycles. The Morgan fingerprint density at radius 1 is 1.78 bits per heavy atom. The molecule has 0 spiro atoms. The lowest BCUT2D eigenvalue weighted by Crippen LogP contribution is -1.84. The molecule has 1 aliphatic rings. The number of rotatable bonds is 0. The fourth-order valence-corrected chi connectivity index (χ4v) is 1.35. The van der Waals surface area contributed by atoms with Crippen LogP contribution in [-0.4, -0.2) is 4.98 Å². The van der Waals surface area contributed by atoms with Crippen molar-refractivity contribution in [2.24, 2.45) is 0 Å². The minimum Gasteiger partial charge on any atom is -0.448 e. The molecule has 2 rings (SSSR count). The predicted molar refractivity (Wildman–Crippen MR) is 33.2 cm³/mol. The second-order valence-electron chi connectivity index (χ2n) is 2.60. The Hall–Kier alpha value is -0.790. The lowest BCUT2D eigenvalue weighted by molar-refractivity contribution is 0.505. The fraction of sp³-hybridized carbons (Fsp3) is 0.571. The van der Waals surface area contributed by atoms with E-state index in [2.05, 4.69) is 11.9 Å². The summed E-state index contributed by atoms with van der Waals surface area (Å²) in [6.45, 7) is 2.19. The van der Waals surface area contributed by atoms with Crippen molar-refractivity contribution >= 4 is 0 Å². The van der Waals surface area contributed by atoms with E-state index in [9.17, 15) is 0 Å². The van der Waals surface area contributed by atoms with E-state index in [1.165, 1.54) is 12.1 Å². The van der Waals surface area contributed by atoms with Crippen LogP contribution in [0.4, 0.5) is 0 Å². The molecule has 9 heavy (non-hydrogen) atoms. The van der Waals surface area contributed by atoms with Crippen molar-refractivity contribution in [1.82, 2.24) is 4.98 Å². The molecular weight excluding hydrogens is 114 g/mol. The minimum atomic E-state index is 0.624. The number of aromatic nitrogens is 1. The third-order valence-corrected chi connectivity index (χ3v) is 1.94. The fourth-order valence-electron chi connectivity index (χ4n) is 1.35. The molecule has 0 saturated carbocycles. The van der Waals surface area contributed by atoms with E-state index >= 15 is 0 Å². The molecule has 2 nitrogen and oxygen atoms in total. The first-order chi connectivity index (χ1) is 4.38. The maximum Gasteiger partial charge on any atom is 0.181 e. The molecule has 0 amide bonds. The summed E-state index contributed by atoms with van der Waals surface area (Å²) in [5.74, 6) is 1.72. The number of hydrogen-bond donors (Lipinski definition) is 0. The average Bonchev–Trinajstić information content (AvgIpc) is 2.35. The van der Waals surface area contributed by atoms with E-state index < -0.39 is 0 Å². The van der Waals surface area contributed by atoms with Gasteiger partial charge in [-0.2, -0.15) is 0 Å². The molecule has 1 aromatic rings. The Balaban J connectivity index is 2.49. The Kier molecular flexibility index (Phi) is 0.891. The predicted octanol–water partition coefficient (Wildman–Crippen LogP) is 1.72. The highest BCUT2D eigenvalue weighted by molar-refractivity contribution is 5.18. The first-order valence-corrected chi connectivity index (χ1v) is 3.30. The van der Waals surface area contributed by atoms with Crippen LogP contribution in [0.15, 0.2) is 10.8 Å². The SMILES string of the molecule is C[C@@H]1CCc2ocnc21. The minimum absolute atomic E-state index is 0.624. The highest BCUT2D eigenvalue weighted by Crippen LogP contribution is 2.30. The van der Waals surface area contributed by atoms with Crippen LogP contribution < -0.4 is 0 Å². The number of aryl methyl sites for hydroxylation is 1. The van der Waals surface area contributed by atoms with Gasteiger partial charge in [0.15, 0.2) is 6.39 Å². The summed E-state index contributed by atoms with van der Waals surface area (Å²) in [5.41, 5.74) is 1.18. The van der Waals surface area contributed by atoms with Gasteiger partial charge in [0.05, 0.1) is 5.69 Å². The zero-order valence-electron chi connectivity index (χ0n) is 5.42. The number of nitrogens with zero attached hydrogens (tertiary/aromatic N) is 1. The zero-order valence-corrected chi connectivity index (χ0v) is 5.42. The topological polar surface area (TPSA) is 26.0 Å². The van der Waals surface area contributed by atoms with Crippen molar-refractivity contribution in [2.45, 2.75) is 25.7 Å². The quantitative estimate of drug-likeness (QED) is 0.525. The maximum atomic E-state index is 5.14. The van der Waals surface area contributed by atoms with Gasteiger partial charge in [-0.05, 0) is 6.42 Å². The maximum absolute atomic E-state index is 5.14. The molecule has 0 aliphatic heterocycles. The molecule has 0 bridgehead atoms. The van der Waals surface area contributed by atoms with E-state index in [1.807, 2.05) is 0 Å². The smallest absolute Gasteiger partial charge is 0.181 e. The van der Waals surface area contributed by atoms with Crippen LogP contribution in [0.1, 0.15) is 30.7 Å². The first kappa shape index (κ1) is 5.03. The molecule has 0 N–H and O–H groups in total. The lowest BCUT2D eigenvalue weighted by Gasteiger charge is -1.93. The summed E-state index contributed by atoms with van der Waals surface area (Å²) in [5, 5.41) is 0. The van der Waals surface area contributed by atoms with Crippen molar-refractivity contribution in [2.75, 3.05) is 0 Å². The third-order valence-electron chi connectivity index (χ3n) is 1.94. The molecule has 1 aliphatic carbocycles. The standard InChI is InChI=1S/C7H9NO/c1-5-2-3-6-7(5)8-4-9-6/h4-5H,2-3H2,1H3/t5-/m1/s1. The number of oxazole rings is 1. The molecular formula is C7H9NO. The van der Waals surface area contributed by atoms with Gasteiger partial charge in [0.25, 0.3) is 0 Å². The van der Waals surface area contributed by atoms with Gasteiger partial charge in [-0.3, -0.25) is 0 Å². The van der Waals surface area contributed by atoms with Crippen molar-refractivity contribution in [3.05, 3.63) is 17.8 Å². The summed E-state index contributed by atoms with van der Waals surface area (Å²) in [6.07, 6.45) is 3.83. The van der Waals surface area contributed by atoms with Gasteiger partial charge < -0.3 is 4.42 Å². The van der Waals surface area contributed by atoms with E-state index in [0.717, 1.165) is 12.2 Å². The van der Waals surface area contributed by atoms with Crippen LogP contribution in [0.5, 0.6) is 0 Å². The van der Waals surface area contributed by atoms with Gasteiger partial charge in [-0.1, -0.05) is 6.92 Å². The second kappa shape index (κ2) is 1.59. The van der Waals surface area contributed by atoms with E-state index in [-0.39, 0.29) is 0 Å². The van der Waals surface area contributed by atoms with Crippen LogP contribution >= 0.6 is 0 Å². The Labute approximate surface area is 53.9 Å².